The van der Waals surface area contributed by atoms with Gasteiger partial charge in [-0.1, -0.05) is 30.3 Å². The Bertz CT molecular complexity index is 710. The Labute approximate surface area is 155 Å². The van der Waals surface area contributed by atoms with Gasteiger partial charge in [0.15, 0.2) is 11.7 Å². The van der Waals surface area contributed by atoms with Crippen LogP contribution in [-0.4, -0.2) is 43.4 Å². The van der Waals surface area contributed by atoms with Gasteiger partial charge in [0.2, 0.25) is 0 Å². The van der Waals surface area contributed by atoms with E-state index >= 15 is 0 Å². The molecule has 1 heterocycles. The Morgan fingerprint density at radius 2 is 1.96 bits per heavy atom. The molecule has 140 valence electrons. The zero-order valence-electron chi connectivity index (χ0n) is 15.8. The third kappa shape index (κ3) is 5.95. The van der Waals surface area contributed by atoms with Gasteiger partial charge in [0, 0.05) is 38.8 Å². The first kappa shape index (κ1) is 19.6. The van der Waals surface area contributed by atoms with Gasteiger partial charge in [-0.05, 0) is 31.9 Å². The van der Waals surface area contributed by atoms with E-state index in [0.29, 0.717) is 18.8 Å². The number of furan rings is 1. The van der Waals surface area contributed by atoms with E-state index in [-0.39, 0.29) is 5.91 Å². The van der Waals surface area contributed by atoms with Crippen LogP contribution in [0.4, 0.5) is 0 Å². The number of hydrogen-bond donors (Lipinski definition) is 2. The number of carbonyl (C=O) groups is 1. The minimum absolute atomic E-state index is 0.176. The minimum atomic E-state index is -0.176. The van der Waals surface area contributed by atoms with E-state index in [1.165, 1.54) is 11.8 Å². The highest BCUT2D eigenvalue weighted by atomic mass is 16.3. The van der Waals surface area contributed by atoms with E-state index in [1.807, 2.05) is 32.2 Å². The molecule has 2 N–H and O–H groups in total. The van der Waals surface area contributed by atoms with Crippen LogP contribution in [0.1, 0.15) is 35.0 Å². The van der Waals surface area contributed by atoms with Crippen molar-refractivity contribution in [2.45, 2.75) is 26.8 Å². The van der Waals surface area contributed by atoms with Gasteiger partial charge in [0.25, 0.3) is 5.91 Å². The first-order chi connectivity index (χ1) is 12.6. The zero-order valence-corrected chi connectivity index (χ0v) is 15.8. The van der Waals surface area contributed by atoms with Crippen LogP contribution in [0.3, 0.4) is 0 Å². The fourth-order valence-electron chi connectivity index (χ4n) is 2.55. The average molecular weight is 356 g/mol. The maximum absolute atomic E-state index is 12.0. The number of nitrogens with zero attached hydrogens (tertiary/aromatic N) is 2. The highest BCUT2D eigenvalue weighted by molar-refractivity contribution is 5.92. The van der Waals surface area contributed by atoms with Crippen molar-refractivity contribution in [2.24, 2.45) is 4.99 Å². The Morgan fingerprint density at radius 1 is 1.19 bits per heavy atom. The van der Waals surface area contributed by atoms with E-state index in [0.717, 1.165) is 31.0 Å². The van der Waals surface area contributed by atoms with E-state index in [2.05, 4.69) is 39.6 Å². The second kappa shape index (κ2) is 10.3. The van der Waals surface area contributed by atoms with Crippen molar-refractivity contribution in [3.8, 4) is 0 Å². The molecule has 0 aliphatic rings. The van der Waals surface area contributed by atoms with Crippen molar-refractivity contribution >= 4 is 11.9 Å². The quantitative estimate of drug-likeness (QED) is 0.433. The summed E-state index contributed by atoms with van der Waals surface area (Å²) in [6.45, 7) is 6.71. The molecule has 0 bridgehead atoms. The number of carbonyl (C=O) groups excluding carboxylic acids is 1. The summed E-state index contributed by atoms with van der Waals surface area (Å²) >= 11 is 0. The molecule has 0 radical (unpaired) electrons. The molecule has 2 aromatic rings. The first-order valence-electron chi connectivity index (χ1n) is 8.97. The Balaban J connectivity index is 1.79. The lowest BCUT2D eigenvalue weighted by molar-refractivity contribution is 0.0925. The summed E-state index contributed by atoms with van der Waals surface area (Å²) in [5.74, 6) is 1.07. The lowest BCUT2D eigenvalue weighted by Crippen LogP contribution is -2.38. The molecule has 2 rings (SSSR count). The normalized spacial score (nSPS) is 11.3. The average Bonchev–Trinajstić information content (AvgIpc) is 3.07. The smallest absolute Gasteiger partial charge is 0.287 e. The first-order valence-corrected chi connectivity index (χ1v) is 8.97. The lowest BCUT2D eigenvalue weighted by atomic mass is 10.2. The van der Waals surface area contributed by atoms with Crippen molar-refractivity contribution in [2.75, 3.05) is 26.7 Å². The predicted molar refractivity (Wildman–Crippen MR) is 104 cm³/mol. The third-order valence-corrected chi connectivity index (χ3v) is 3.91. The lowest BCUT2D eigenvalue weighted by Gasteiger charge is -2.22. The fraction of sp³-hybridized carbons (Fsp3) is 0.400. The number of amides is 1. The number of nitrogens with one attached hydrogen (secondary N) is 2. The van der Waals surface area contributed by atoms with Crippen LogP contribution in [0.2, 0.25) is 0 Å². The number of rotatable bonds is 8. The van der Waals surface area contributed by atoms with Gasteiger partial charge in [0.1, 0.15) is 0 Å². The molecule has 0 saturated carbocycles. The monoisotopic (exact) mass is 356 g/mol. The number of aliphatic imine (C=N–C) groups is 1. The van der Waals surface area contributed by atoms with Gasteiger partial charge in [-0.25, -0.2) is 0 Å². The molecule has 1 aromatic heterocycles. The predicted octanol–water partition coefficient (Wildman–Crippen LogP) is 2.81. The zero-order chi connectivity index (χ0) is 18.8. The molecule has 0 unspecified atom stereocenters. The van der Waals surface area contributed by atoms with Gasteiger partial charge < -0.3 is 20.0 Å². The Hall–Kier alpha value is -2.76. The van der Waals surface area contributed by atoms with Crippen LogP contribution >= 0.6 is 0 Å². The number of aryl methyl sites for hydroxylation is 1. The van der Waals surface area contributed by atoms with Crippen LogP contribution in [-0.2, 0) is 6.54 Å². The van der Waals surface area contributed by atoms with Crippen molar-refractivity contribution in [3.05, 3.63) is 59.5 Å². The summed E-state index contributed by atoms with van der Waals surface area (Å²) in [6, 6.07) is 12.1. The molecular formula is C20H28N4O2. The second-order valence-corrected chi connectivity index (χ2v) is 6.12. The summed E-state index contributed by atoms with van der Waals surface area (Å²) in [4.78, 5) is 18.7. The summed E-state index contributed by atoms with van der Waals surface area (Å²) in [6.07, 6.45) is 2.29. The van der Waals surface area contributed by atoms with E-state index in [1.54, 1.807) is 6.07 Å². The molecule has 1 amide bonds. The van der Waals surface area contributed by atoms with Crippen molar-refractivity contribution in [1.82, 2.24) is 15.5 Å². The highest BCUT2D eigenvalue weighted by Gasteiger charge is 2.11. The van der Waals surface area contributed by atoms with Crippen molar-refractivity contribution in [3.63, 3.8) is 0 Å². The highest BCUT2D eigenvalue weighted by Crippen LogP contribution is 2.08. The summed E-state index contributed by atoms with van der Waals surface area (Å²) in [5, 5.41) is 6.17. The SMILES string of the molecule is CCNC(=NCCCNC(=O)c1occc1C)N(C)Cc1ccccc1. The third-order valence-electron chi connectivity index (χ3n) is 3.91. The molecular weight excluding hydrogens is 328 g/mol. The van der Waals surface area contributed by atoms with Crippen molar-refractivity contribution in [1.29, 1.82) is 0 Å². The molecule has 0 spiro atoms. The van der Waals surface area contributed by atoms with Crippen LogP contribution in [0, 0.1) is 6.92 Å². The number of hydrogen-bond acceptors (Lipinski definition) is 3. The van der Waals surface area contributed by atoms with Gasteiger partial charge in [0.05, 0.1) is 6.26 Å². The van der Waals surface area contributed by atoms with Gasteiger partial charge >= 0.3 is 0 Å². The van der Waals surface area contributed by atoms with Gasteiger partial charge in [-0.2, -0.15) is 0 Å². The number of guanidine groups is 1. The molecule has 0 aliphatic carbocycles. The summed E-state index contributed by atoms with van der Waals surface area (Å²) in [5.41, 5.74) is 2.08. The minimum Gasteiger partial charge on any atom is -0.459 e. The second-order valence-electron chi connectivity index (χ2n) is 6.12. The van der Waals surface area contributed by atoms with Crippen LogP contribution in [0.5, 0.6) is 0 Å². The fourth-order valence-corrected chi connectivity index (χ4v) is 2.55. The van der Waals surface area contributed by atoms with Gasteiger partial charge in [-0.3, -0.25) is 9.79 Å². The Morgan fingerprint density at radius 3 is 2.62 bits per heavy atom. The van der Waals surface area contributed by atoms with Crippen molar-refractivity contribution < 1.29 is 9.21 Å². The van der Waals surface area contributed by atoms with E-state index in [4.69, 9.17) is 4.42 Å². The van der Waals surface area contributed by atoms with E-state index in [9.17, 15) is 4.79 Å². The number of benzene rings is 1. The molecule has 0 saturated heterocycles. The van der Waals surface area contributed by atoms with E-state index < -0.39 is 0 Å². The maximum atomic E-state index is 12.0. The van der Waals surface area contributed by atoms with Gasteiger partial charge in [-0.15, -0.1) is 0 Å². The maximum Gasteiger partial charge on any atom is 0.287 e. The standard InChI is InChI=1S/C20H28N4O2/c1-4-21-20(24(3)15-17-9-6-5-7-10-17)23-13-8-12-22-19(25)18-16(2)11-14-26-18/h5-7,9-11,14H,4,8,12-13,15H2,1-3H3,(H,21,23)(H,22,25). The molecule has 0 fully saturated rings. The molecule has 26 heavy (non-hydrogen) atoms. The van der Waals surface area contributed by atoms with Crippen LogP contribution < -0.4 is 10.6 Å². The topological polar surface area (TPSA) is 69.9 Å². The van der Waals surface area contributed by atoms with Crippen LogP contribution in [0.25, 0.3) is 0 Å². The summed E-state index contributed by atoms with van der Waals surface area (Å²) < 4.78 is 5.19. The molecule has 6 heteroatoms. The molecule has 6 nitrogen and oxygen atoms in total. The summed E-state index contributed by atoms with van der Waals surface area (Å²) in [7, 11) is 2.02. The van der Waals surface area contributed by atoms with Crippen LogP contribution in [0.15, 0.2) is 52.1 Å². The largest absolute Gasteiger partial charge is 0.459 e. The molecule has 1 aromatic carbocycles. The molecule has 0 aliphatic heterocycles. The molecule has 0 atom stereocenters. The Kier molecular flexibility index (Phi) is 7.74.